The van der Waals surface area contributed by atoms with Crippen molar-refractivity contribution in [3.05, 3.63) is 12.2 Å². The number of carbonyl (C=O) groups is 6. The van der Waals surface area contributed by atoms with E-state index < -0.39 is 113 Å². The van der Waals surface area contributed by atoms with E-state index in [1.54, 1.807) is 0 Å². The van der Waals surface area contributed by atoms with Crippen molar-refractivity contribution >= 4 is 47.4 Å². The summed E-state index contributed by atoms with van der Waals surface area (Å²) in [6, 6.07) is 0. The maximum atomic E-state index is 13.2. The van der Waals surface area contributed by atoms with Gasteiger partial charge in [-0.1, -0.05) is 13.5 Å². The molecule has 0 aromatic heterocycles. The van der Waals surface area contributed by atoms with Crippen LogP contribution in [0.5, 0.6) is 0 Å². The summed E-state index contributed by atoms with van der Waals surface area (Å²) in [5.74, 6) is -9.27. The second kappa shape index (κ2) is 11.0. The van der Waals surface area contributed by atoms with Crippen molar-refractivity contribution in [2.75, 3.05) is 0 Å². The summed E-state index contributed by atoms with van der Waals surface area (Å²) in [6.45, 7) is 11.0. The Balaban J connectivity index is 2.20. The molecule has 0 amide bonds. The number of hydrogen-bond acceptors (Lipinski definition) is 13. The van der Waals surface area contributed by atoms with Crippen LogP contribution in [-0.2, 0) is 57.2 Å². The number of aliphatic carboxylic acids is 1. The van der Waals surface area contributed by atoms with Gasteiger partial charge in [-0.15, -0.1) is 11.6 Å². The minimum absolute atomic E-state index is 0.0459. The third-order valence-corrected chi connectivity index (χ3v) is 9.73. The van der Waals surface area contributed by atoms with Gasteiger partial charge in [0.15, 0.2) is 29.5 Å². The average Bonchev–Trinajstić information content (AvgIpc) is 3.14. The van der Waals surface area contributed by atoms with Crippen LogP contribution in [0.4, 0.5) is 0 Å². The average molecular weight is 631 g/mol. The molecule has 1 unspecified atom stereocenters. The molecule has 43 heavy (non-hydrogen) atoms. The van der Waals surface area contributed by atoms with Crippen LogP contribution in [0.25, 0.3) is 0 Å². The standard InChI is InChI=1S/C28H35ClO14/c1-10-17(29)21-28(11(2)24(34)42-21)23(41-15(6)33)20-26(7,16(38-12(3)30)8-9-27(20,37)25(35)36)22(40-14(5)32)19(18(10)43-28)39-13(4)31/h11,16-23,37H,1,8-9H2,2-7H3,(H,35,36)/t11?,16-,17-,18+,19+,20+,21-,22-,23-,26-,27+,28-/m0/s1. The van der Waals surface area contributed by atoms with Crippen LogP contribution < -0.4 is 0 Å². The highest BCUT2D eigenvalue weighted by Gasteiger charge is 2.79. The molecule has 1 saturated carbocycles. The molecular weight excluding hydrogens is 596 g/mol. The van der Waals surface area contributed by atoms with E-state index in [9.17, 15) is 39.0 Å². The van der Waals surface area contributed by atoms with Crippen LogP contribution in [0.3, 0.4) is 0 Å². The molecule has 14 nitrogen and oxygen atoms in total. The number of ether oxygens (including phenoxy) is 6. The fraction of sp³-hybridized carbons (Fsp3) is 0.714. The number of hydrogen-bond donors (Lipinski definition) is 2. The van der Waals surface area contributed by atoms with Crippen molar-refractivity contribution < 1.29 is 67.4 Å². The third-order valence-electron chi connectivity index (χ3n) is 9.22. The van der Waals surface area contributed by atoms with Gasteiger partial charge in [-0.3, -0.25) is 24.0 Å². The van der Waals surface area contributed by atoms with Crippen molar-refractivity contribution in [2.45, 2.75) is 108 Å². The molecule has 0 radical (unpaired) electrons. The first kappa shape index (κ1) is 32.7. The summed E-state index contributed by atoms with van der Waals surface area (Å²) >= 11 is 6.83. The van der Waals surface area contributed by atoms with Gasteiger partial charge < -0.3 is 38.6 Å². The first-order chi connectivity index (χ1) is 19.8. The van der Waals surface area contributed by atoms with Crippen molar-refractivity contribution in [3.8, 4) is 0 Å². The zero-order chi connectivity index (χ0) is 32.4. The van der Waals surface area contributed by atoms with Gasteiger partial charge in [-0.25, -0.2) is 4.79 Å². The lowest BCUT2D eigenvalue weighted by molar-refractivity contribution is -0.322. The van der Waals surface area contributed by atoms with Gasteiger partial charge in [0, 0.05) is 27.7 Å². The highest BCUT2D eigenvalue weighted by molar-refractivity contribution is 6.23. The molecule has 1 spiro atoms. The lowest BCUT2D eigenvalue weighted by Crippen LogP contribution is -2.79. The Morgan fingerprint density at radius 1 is 0.953 bits per heavy atom. The summed E-state index contributed by atoms with van der Waals surface area (Å²) in [5.41, 5.74) is -6.81. The van der Waals surface area contributed by atoms with E-state index in [-0.39, 0.29) is 12.0 Å². The summed E-state index contributed by atoms with van der Waals surface area (Å²) in [5, 5.41) is 21.3. The highest BCUT2D eigenvalue weighted by atomic mass is 35.5. The van der Waals surface area contributed by atoms with Gasteiger partial charge in [-0.2, -0.15) is 0 Å². The Bertz CT molecular complexity index is 1270. The Hall–Kier alpha value is -3.23. The fourth-order valence-electron chi connectivity index (χ4n) is 7.50. The lowest BCUT2D eigenvalue weighted by atomic mass is 9.50. The summed E-state index contributed by atoms with van der Waals surface area (Å²) in [4.78, 5) is 76.5. The highest BCUT2D eigenvalue weighted by Crippen LogP contribution is 2.62. The van der Waals surface area contributed by atoms with Gasteiger partial charge in [0.05, 0.1) is 22.6 Å². The Labute approximate surface area is 251 Å². The number of carboxylic acid groups (broad SMARTS) is 1. The molecule has 1 aliphatic carbocycles. The van der Waals surface area contributed by atoms with E-state index in [1.807, 2.05) is 0 Å². The van der Waals surface area contributed by atoms with E-state index >= 15 is 0 Å². The number of carboxylic acids is 1. The number of carbonyl (C=O) groups excluding carboxylic acids is 5. The molecule has 3 aliphatic heterocycles. The van der Waals surface area contributed by atoms with Crippen molar-refractivity contribution in [3.63, 3.8) is 0 Å². The minimum Gasteiger partial charge on any atom is -0.479 e. The molecule has 15 heteroatoms. The second-order valence-electron chi connectivity index (χ2n) is 11.8. The van der Waals surface area contributed by atoms with Crippen molar-refractivity contribution in [2.24, 2.45) is 17.3 Å². The topological polar surface area (TPSA) is 198 Å². The molecule has 3 heterocycles. The Morgan fingerprint density at radius 3 is 2.00 bits per heavy atom. The SMILES string of the molecule is C=C1[C@H]2O[C@]3(C(C)C(=O)O[C@H]3[C@H]1Cl)[C@@H](OC(C)=O)[C@@H]1[C@](C)([C@@H](OC(C)=O)CC[C@]1(O)C(=O)O)[C@@H](OC(C)=O)[C@@H]2OC(C)=O. The monoisotopic (exact) mass is 630 g/mol. The minimum atomic E-state index is -2.78. The second-order valence-corrected chi connectivity index (χ2v) is 12.3. The largest absolute Gasteiger partial charge is 0.479 e. The summed E-state index contributed by atoms with van der Waals surface area (Å²) in [6.07, 6.45) is -10.2. The lowest BCUT2D eigenvalue weighted by Gasteiger charge is -2.63. The molecule has 0 aromatic rings. The number of rotatable bonds is 5. The summed E-state index contributed by atoms with van der Waals surface area (Å²) < 4.78 is 35.1. The normalized spacial score (nSPS) is 43.5. The van der Waals surface area contributed by atoms with Crippen LogP contribution in [-0.4, -0.2) is 99.2 Å². The molecule has 3 saturated heterocycles. The van der Waals surface area contributed by atoms with Gasteiger partial charge in [0.1, 0.15) is 18.3 Å². The van der Waals surface area contributed by atoms with E-state index in [1.165, 1.54) is 13.8 Å². The maximum Gasteiger partial charge on any atom is 0.336 e. The van der Waals surface area contributed by atoms with E-state index in [0.717, 1.165) is 27.7 Å². The quantitative estimate of drug-likeness (QED) is 0.187. The van der Waals surface area contributed by atoms with Gasteiger partial charge in [-0.05, 0) is 25.3 Å². The number of esters is 5. The molecule has 238 valence electrons. The van der Waals surface area contributed by atoms with E-state index in [4.69, 9.17) is 40.0 Å². The molecule has 2 N–H and O–H groups in total. The third kappa shape index (κ3) is 4.87. The molecule has 12 atom stereocenters. The van der Waals surface area contributed by atoms with Crippen LogP contribution in [0.1, 0.15) is 54.4 Å². The first-order valence-electron chi connectivity index (χ1n) is 13.7. The van der Waals surface area contributed by atoms with Crippen LogP contribution in [0, 0.1) is 17.3 Å². The van der Waals surface area contributed by atoms with E-state index in [2.05, 4.69) is 6.58 Å². The fourth-order valence-corrected chi connectivity index (χ4v) is 7.88. The number of aliphatic hydroxyl groups is 1. The van der Waals surface area contributed by atoms with Crippen LogP contribution in [0.15, 0.2) is 12.2 Å². The molecule has 4 fully saturated rings. The molecule has 2 bridgehead atoms. The number of alkyl halides is 1. The van der Waals surface area contributed by atoms with Gasteiger partial charge in [0.2, 0.25) is 0 Å². The van der Waals surface area contributed by atoms with Crippen molar-refractivity contribution in [1.29, 1.82) is 0 Å². The number of halogens is 1. The van der Waals surface area contributed by atoms with Gasteiger partial charge >= 0.3 is 35.8 Å². The summed E-state index contributed by atoms with van der Waals surface area (Å²) in [7, 11) is 0. The van der Waals surface area contributed by atoms with E-state index in [0.29, 0.717) is 0 Å². The van der Waals surface area contributed by atoms with Crippen LogP contribution >= 0.6 is 11.6 Å². The van der Waals surface area contributed by atoms with Crippen molar-refractivity contribution in [1.82, 2.24) is 0 Å². The van der Waals surface area contributed by atoms with Gasteiger partial charge in [0.25, 0.3) is 0 Å². The maximum absolute atomic E-state index is 13.2. The smallest absolute Gasteiger partial charge is 0.336 e. The molecule has 4 aliphatic rings. The zero-order valence-corrected chi connectivity index (χ0v) is 25.2. The Kier molecular flexibility index (Phi) is 8.39. The molecule has 0 aromatic carbocycles. The molecular formula is C28H35ClO14. The zero-order valence-electron chi connectivity index (χ0n) is 24.5. The predicted octanol–water partition coefficient (Wildman–Crippen LogP) is 0.822. The number of fused-ring (bicyclic) bond motifs is 2. The molecule has 4 rings (SSSR count). The van der Waals surface area contributed by atoms with Crippen LogP contribution in [0.2, 0.25) is 0 Å². The Morgan fingerprint density at radius 2 is 1.49 bits per heavy atom. The predicted molar refractivity (Wildman–Crippen MR) is 141 cm³/mol. The first-order valence-corrected chi connectivity index (χ1v) is 14.1.